The zero-order valence-corrected chi connectivity index (χ0v) is 16.6. The molecule has 0 aromatic heterocycles. The van der Waals surface area contributed by atoms with Gasteiger partial charge in [-0.25, -0.2) is 0 Å². The van der Waals surface area contributed by atoms with Crippen molar-refractivity contribution in [1.29, 1.82) is 0 Å². The summed E-state index contributed by atoms with van der Waals surface area (Å²) in [5, 5.41) is 3.84. The fourth-order valence-electron chi connectivity index (χ4n) is 6.43. The lowest BCUT2D eigenvalue weighted by Crippen LogP contribution is -2.54. The van der Waals surface area contributed by atoms with Crippen LogP contribution in [-0.2, 0) is 6.54 Å². The van der Waals surface area contributed by atoms with Crippen LogP contribution < -0.4 is 19.5 Å². The van der Waals surface area contributed by atoms with Crippen molar-refractivity contribution in [3.8, 4) is 17.2 Å². The van der Waals surface area contributed by atoms with Crippen molar-refractivity contribution in [2.24, 2.45) is 23.2 Å². The van der Waals surface area contributed by atoms with Crippen molar-refractivity contribution in [2.45, 2.75) is 58.0 Å². The second kappa shape index (κ2) is 6.95. The van der Waals surface area contributed by atoms with Crippen LogP contribution in [-0.4, -0.2) is 27.4 Å². The highest BCUT2D eigenvalue weighted by molar-refractivity contribution is 5.53. The predicted octanol–water partition coefficient (Wildman–Crippen LogP) is 4.41. The van der Waals surface area contributed by atoms with E-state index in [1.807, 2.05) is 0 Å². The van der Waals surface area contributed by atoms with Gasteiger partial charge in [-0.3, -0.25) is 0 Å². The monoisotopic (exact) mass is 359 g/mol. The topological polar surface area (TPSA) is 39.7 Å². The Hall–Kier alpha value is -1.42. The molecule has 4 saturated carbocycles. The van der Waals surface area contributed by atoms with Gasteiger partial charge in [-0.15, -0.1) is 0 Å². The quantitative estimate of drug-likeness (QED) is 0.783. The Morgan fingerprint density at radius 3 is 1.85 bits per heavy atom. The molecular formula is C22H33NO3. The number of ether oxygens (including phenoxy) is 3. The van der Waals surface area contributed by atoms with Crippen LogP contribution in [0.1, 0.15) is 51.0 Å². The summed E-state index contributed by atoms with van der Waals surface area (Å²) < 4.78 is 16.4. The van der Waals surface area contributed by atoms with Gasteiger partial charge in [0, 0.05) is 12.6 Å². The van der Waals surface area contributed by atoms with Crippen LogP contribution >= 0.6 is 0 Å². The molecule has 4 aliphatic rings. The van der Waals surface area contributed by atoms with Crippen LogP contribution in [0.5, 0.6) is 17.2 Å². The number of hydrogen-bond acceptors (Lipinski definition) is 4. The molecular weight excluding hydrogens is 326 g/mol. The molecule has 144 valence electrons. The fraction of sp³-hybridized carbons (Fsp3) is 0.727. The molecule has 0 spiro atoms. The number of nitrogens with one attached hydrogen (secondary N) is 1. The number of hydrogen-bond donors (Lipinski definition) is 1. The van der Waals surface area contributed by atoms with E-state index in [9.17, 15) is 0 Å². The molecule has 0 heterocycles. The molecule has 0 saturated heterocycles. The minimum Gasteiger partial charge on any atom is -0.493 e. The molecule has 0 amide bonds. The first kappa shape index (κ1) is 18.0. The van der Waals surface area contributed by atoms with Crippen LogP contribution in [0.15, 0.2) is 12.1 Å². The SMILES string of the molecule is COc1cc(CN[C@H](C)C23CC4CC(CC(C4)C2)C3)cc(OC)c1OC. The van der Waals surface area contributed by atoms with Crippen molar-refractivity contribution < 1.29 is 14.2 Å². The summed E-state index contributed by atoms with van der Waals surface area (Å²) in [5.41, 5.74) is 1.70. The van der Waals surface area contributed by atoms with Gasteiger partial charge >= 0.3 is 0 Å². The van der Waals surface area contributed by atoms with Crippen molar-refractivity contribution in [2.75, 3.05) is 21.3 Å². The summed E-state index contributed by atoms with van der Waals surface area (Å²) in [6, 6.07) is 4.66. The van der Waals surface area contributed by atoms with Gasteiger partial charge in [0.1, 0.15) is 0 Å². The van der Waals surface area contributed by atoms with Gasteiger partial charge < -0.3 is 19.5 Å². The normalized spacial score (nSPS) is 33.2. The van der Waals surface area contributed by atoms with E-state index >= 15 is 0 Å². The maximum Gasteiger partial charge on any atom is 0.203 e. The maximum absolute atomic E-state index is 5.49. The van der Waals surface area contributed by atoms with E-state index < -0.39 is 0 Å². The lowest BCUT2D eigenvalue weighted by Gasteiger charge is -2.59. The van der Waals surface area contributed by atoms with Gasteiger partial charge in [0.2, 0.25) is 5.75 Å². The average Bonchev–Trinajstić information content (AvgIpc) is 2.63. The molecule has 4 heteroatoms. The van der Waals surface area contributed by atoms with E-state index in [1.54, 1.807) is 21.3 Å². The first-order valence-corrected chi connectivity index (χ1v) is 10.1. The molecule has 26 heavy (non-hydrogen) atoms. The highest BCUT2D eigenvalue weighted by Crippen LogP contribution is 2.61. The largest absolute Gasteiger partial charge is 0.493 e. The lowest BCUT2D eigenvalue weighted by atomic mass is 9.48. The van der Waals surface area contributed by atoms with Gasteiger partial charge in [-0.05, 0) is 86.3 Å². The van der Waals surface area contributed by atoms with Crippen LogP contribution in [0, 0.1) is 23.2 Å². The first-order chi connectivity index (χ1) is 12.6. The highest BCUT2D eigenvalue weighted by Gasteiger charge is 2.52. The van der Waals surface area contributed by atoms with E-state index in [0.717, 1.165) is 35.8 Å². The Kier molecular flexibility index (Phi) is 4.81. The van der Waals surface area contributed by atoms with Gasteiger partial charge in [-0.2, -0.15) is 0 Å². The summed E-state index contributed by atoms with van der Waals surface area (Å²) >= 11 is 0. The standard InChI is InChI=1S/C22H33NO3/c1-14(22-10-15-5-16(11-22)7-17(6-15)12-22)23-13-18-8-19(24-2)21(26-4)20(9-18)25-3/h8-9,14-17,23H,5-7,10-13H2,1-4H3/t14-,15?,16?,17?,22?/m1/s1. The zero-order chi connectivity index (χ0) is 18.3. The Balaban J connectivity index is 1.47. The second-order valence-corrected chi connectivity index (χ2v) is 8.92. The molecule has 4 aliphatic carbocycles. The van der Waals surface area contributed by atoms with Gasteiger partial charge in [0.15, 0.2) is 11.5 Å². The van der Waals surface area contributed by atoms with E-state index in [-0.39, 0.29) is 0 Å². The lowest BCUT2D eigenvalue weighted by molar-refractivity contribution is -0.0706. The second-order valence-electron chi connectivity index (χ2n) is 8.92. The minimum atomic E-state index is 0.523. The third-order valence-corrected chi connectivity index (χ3v) is 7.34. The van der Waals surface area contributed by atoms with Crippen molar-refractivity contribution in [3.05, 3.63) is 17.7 Å². The Bertz CT molecular complexity index is 596. The number of methoxy groups -OCH3 is 3. The Morgan fingerprint density at radius 2 is 1.42 bits per heavy atom. The molecule has 0 unspecified atom stereocenters. The summed E-state index contributed by atoms with van der Waals surface area (Å²) in [6.07, 6.45) is 8.80. The smallest absolute Gasteiger partial charge is 0.203 e. The third-order valence-electron chi connectivity index (χ3n) is 7.34. The van der Waals surface area contributed by atoms with E-state index in [2.05, 4.69) is 24.4 Å². The Labute approximate surface area is 157 Å². The Morgan fingerprint density at radius 1 is 0.923 bits per heavy atom. The van der Waals surface area contributed by atoms with Crippen LogP contribution in [0.3, 0.4) is 0 Å². The highest BCUT2D eigenvalue weighted by atomic mass is 16.5. The van der Waals surface area contributed by atoms with E-state index in [1.165, 1.54) is 44.1 Å². The third kappa shape index (κ3) is 3.06. The first-order valence-electron chi connectivity index (χ1n) is 10.1. The van der Waals surface area contributed by atoms with Crippen molar-refractivity contribution in [1.82, 2.24) is 5.32 Å². The van der Waals surface area contributed by atoms with Crippen molar-refractivity contribution >= 4 is 0 Å². The molecule has 1 atom stereocenters. The predicted molar refractivity (Wildman–Crippen MR) is 103 cm³/mol. The maximum atomic E-state index is 5.49. The molecule has 4 bridgehead atoms. The molecule has 4 fully saturated rings. The summed E-state index contributed by atoms with van der Waals surface area (Å²) in [4.78, 5) is 0. The van der Waals surface area contributed by atoms with Crippen LogP contribution in [0.25, 0.3) is 0 Å². The van der Waals surface area contributed by atoms with Crippen molar-refractivity contribution in [3.63, 3.8) is 0 Å². The number of benzene rings is 1. The zero-order valence-electron chi connectivity index (χ0n) is 16.6. The van der Waals surface area contributed by atoms with Gasteiger partial charge in [0.05, 0.1) is 21.3 Å². The van der Waals surface area contributed by atoms with Gasteiger partial charge in [-0.1, -0.05) is 0 Å². The molecule has 1 aromatic carbocycles. The summed E-state index contributed by atoms with van der Waals surface area (Å²) in [7, 11) is 4.99. The average molecular weight is 360 g/mol. The van der Waals surface area contributed by atoms with E-state index in [4.69, 9.17) is 14.2 Å². The molecule has 1 N–H and O–H groups in total. The van der Waals surface area contributed by atoms with Gasteiger partial charge in [0.25, 0.3) is 0 Å². The van der Waals surface area contributed by atoms with Crippen LogP contribution in [0.4, 0.5) is 0 Å². The van der Waals surface area contributed by atoms with E-state index in [0.29, 0.717) is 17.2 Å². The molecule has 5 rings (SSSR count). The molecule has 0 aliphatic heterocycles. The molecule has 4 nitrogen and oxygen atoms in total. The van der Waals surface area contributed by atoms with Crippen LogP contribution in [0.2, 0.25) is 0 Å². The molecule has 0 radical (unpaired) electrons. The number of rotatable bonds is 7. The summed E-state index contributed by atoms with van der Waals surface area (Å²) in [6.45, 7) is 3.24. The fourth-order valence-corrected chi connectivity index (χ4v) is 6.43. The molecule has 1 aromatic rings. The minimum absolute atomic E-state index is 0.523. The summed E-state index contributed by atoms with van der Waals surface area (Å²) in [5.74, 6) is 5.09.